The average molecular weight is 367 g/mol. The zero-order valence-electron chi connectivity index (χ0n) is 12.8. The number of hydrogen-bond acceptors (Lipinski definition) is 6. The summed E-state index contributed by atoms with van der Waals surface area (Å²) in [6, 6.07) is 4.19. The number of H-pyrrole nitrogens is 1. The number of rotatable bonds is 4. The van der Waals surface area contributed by atoms with Crippen LogP contribution in [-0.2, 0) is 5.75 Å². The molecule has 1 aromatic carbocycles. The van der Waals surface area contributed by atoms with Crippen LogP contribution in [0.25, 0.3) is 11.4 Å². The van der Waals surface area contributed by atoms with Crippen molar-refractivity contribution in [2.24, 2.45) is 0 Å². The van der Waals surface area contributed by atoms with Gasteiger partial charge in [0.05, 0.1) is 10.8 Å². The molecule has 0 atom stereocenters. The van der Waals surface area contributed by atoms with Crippen LogP contribution in [0.5, 0.6) is 0 Å². The second-order valence-corrected chi connectivity index (χ2v) is 6.38. The van der Waals surface area contributed by atoms with Gasteiger partial charge in [-0.05, 0) is 32.0 Å². The van der Waals surface area contributed by atoms with E-state index < -0.39 is 5.82 Å². The summed E-state index contributed by atoms with van der Waals surface area (Å²) in [5.74, 6) is 0.503. The summed E-state index contributed by atoms with van der Waals surface area (Å²) in [5, 5.41) is 4.32. The van der Waals surface area contributed by atoms with E-state index in [0.29, 0.717) is 39.4 Å². The first-order chi connectivity index (χ1) is 11.4. The number of thioether (sulfide) groups is 1. The van der Waals surface area contributed by atoms with Crippen molar-refractivity contribution in [3.05, 3.63) is 56.5 Å². The van der Waals surface area contributed by atoms with Gasteiger partial charge >= 0.3 is 0 Å². The van der Waals surface area contributed by atoms with Gasteiger partial charge in [0.2, 0.25) is 11.7 Å². The Labute approximate surface area is 145 Å². The van der Waals surface area contributed by atoms with Gasteiger partial charge in [0.1, 0.15) is 5.82 Å². The van der Waals surface area contributed by atoms with E-state index in [1.165, 1.54) is 30.0 Å². The predicted octanol–water partition coefficient (Wildman–Crippen LogP) is 3.52. The highest BCUT2D eigenvalue weighted by Crippen LogP contribution is 2.24. The third-order valence-electron chi connectivity index (χ3n) is 3.35. The second kappa shape index (κ2) is 6.74. The lowest BCUT2D eigenvalue weighted by atomic mass is 10.2. The van der Waals surface area contributed by atoms with E-state index in [1.54, 1.807) is 13.8 Å². The van der Waals surface area contributed by atoms with Crippen LogP contribution < -0.4 is 5.56 Å². The molecule has 0 saturated heterocycles. The zero-order chi connectivity index (χ0) is 17.3. The number of aromatic nitrogens is 4. The van der Waals surface area contributed by atoms with Crippen LogP contribution in [0.15, 0.2) is 32.7 Å². The van der Waals surface area contributed by atoms with Crippen LogP contribution in [0.3, 0.4) is 0 Å². The van der Waals surface area contributed by atoms with Crippen LogP contribution in [0.1, 0.15) is 17.1 Å². The van der Waals surface area contributed by atoms with Gasteiger partial charge in [-0.25, -0.2) is 9.37 Å². The lowest BCUT2D eigenvalue weighted by Crippen LogP contribution is -2.14. The minimum absolute atomic E-state index is 0.00914. The van der Waals surface area contributed by atoms with Gasteiger partial charge in [-0.3, -0.25) is 4.79 Å². The molecule has 24 heavy (non-hydrogen) atoms. The third-order valence-corrected chi connectivity index (χ3v) is 4.50. The van der Waals surface area contributed by atoms with E-state index in [9.17, 15) is 9.18 Å². The molecule has 0 saturated carbocycles. The standard InChI is InChI=1S/C15H12ClFN4O2S/c1-7-8(2)18-15(20-14(7)22)24-6-12-19-13(21-23-12)9-3-4-11(17)10(16)5-9/h3-5H,6H2,1-2H3,(H,18,20,22). The topological polar surface area (TPSA) is 84.7 Å². The van der Waals surface area contributed by atoms with Crippen molar-refractivity contribution < 1.29 is 8.91 Å². The van der Waals surface area contributed by atoms with E-state index in [4.69, 9.17) is 16.1 Å². The molecule has 2 heterocycles. The summed E-state index contributed by atoms with van der Waals surface area (Å²) in [7, 11) is 0. The molecule has 0 aliphatic carbocycles. The number of benzene rings is 1. The van der Waals surface area contributed by atoms with Crippen molar-refractivity contribution in [3.63, 3.8) is 0 Å². The third kappa shape index (κ3) is 3.49. The first-order valence-electron chi connectivity index (χ1n) is 6.92. The van der Waals surface area contributed by atoms with Gasteiger partial charge in [0, 0.05) is 16.8 Å². The summed E-state index contributed by atoms with van der Waals surface area (Å²) in [6.07, 6.45) is 0. The van der Waals surface area contributed by atoms with Gasteiger partial charge in [-0.1, -0.05) is 28.5 Å². The lowest BCUT2D eigenvalue weighted by molar-refractivity contribution is 0.391. The van der Waals surface area contributed by atoms with E-state index >= 15 is 0 Å². The van der Waals surface area contributed by atoms with Crippen LogP contribution in [0.2, 0.25) is 5.02 Å². The molecular formula is C15H12ClFN4O2S. The maximum absolute atomic E-state index is 13.2. The molecule has 1 N–H and O–H groups in total. The van der Waals surface area contributed by atoms with Crippen LogP contribution >= 0.6 is 23.4 Å². The fraction of sp³-hybridized carbons (Fsp3) is 0.200. The monoisotopic (exact) mass is 366 g/mol. The molecular weight excluding hydrogens is 355 g/mol. The van der Waals surface area contributed by atoms with Crippen LogP contribution in [-0.4, -0.2) is 20.1 Å². The largest absolute Gasteiger partial charge is 0.338 e. The number of nitrogens with one attached hydrogen (secondary N) is 1. The molecule has 124 valence electrons. The van der Waals surface area contributed by atoms with Crippen molar-refractivity contribution in [2.45, 2.75) is 24.8 Å². The van der Waals surface area contributed by atoms with Crippen molar-refractivity contribution in [3.8, 4) is 11.4 Å². The molecule has 9 heteroatoms. The number of hydrogen-bond donors (Lipinski definition) is 1. The SMILES string of the molecule is Cc1nc(SCc2nc(-c3ccc(F)c(Cl)c3)no2)[nH]c(=O)c1C. The summed E-state index contributed by atoms with van der Waals surface area (Å²) in [6.45, 7) is 3.49. The fourth-order valence-corrected chi connectivity index (χ4v) is 2.81. The summed E-state index contributed by atoms with van der Waals surface area (Å²) < 4.78 is 18.3. The number of aromatic amines is 1. The average Bonchev–Trinajstić information content (AvgIpc) is 3.02. The fourth-order valence-electron chi connectivity index (χ4n) is 1.88. The molecule has 3 aromatic rings. The van der Waals surface area contributed by atoms with Crippen molar-refractivity contribution >= 4 is 23.4 Å². The van der Waals surface area contributed by atoms with E-state index in [-0.39, 0.29) is 10.6 Å². The molecule has 0 unspecified atom stereocenters. The number of nitrogens with zero attached hydrogens (tertiary/aromatic N) is 3. The Kier molecular flexibility index (Phi) is 4.68. The molecule has 0 fully saturated rings. The highest BCUT2D eigenvalue weighted by molar-refractivity contribution is 7.98. The van der Waals surface area contributed by atoms with Crippen molar-refractivity contribution in [1.29, 1.82) is 0 Å². The predicted molar refractivity (Wildman–Crippen MR) is 88.6 cm³/mol. The smallest absolute Gasteiger partial charge is 0.254 e. The van der Waals surface area contributed by atoms with Crippen LogP contribution in [0, 0.1) is 19.7 Å². The minimum atomic E-state index is -0.510. The molecule has 0 radical (unpaired) electrons. The number of aryl methyl sites for hydroxylation is 1. The quantitative estimate of drug-likeness (QED) is 0.561. The molecule has 6 nitrogen and oxygen atoms in total. The Morgan fingerprint density at radius 1 is 1.33 bits per heavy atom. The molecule has 2 aromatic heterocycles. The minimum Gasteiger partial charge on any atom is -0.338 e. The zero-order valence-corrected chi connectivity index (χ0v) is 14.3. The summed E-state index contributed by atoms with van der Waals surface area (Å²) >= 11 is 7.02. The van der Waals surface area contributed by atoms with Gasteiger partial charge in [0.25, 0.3) is 5.56 Å². The molecule has 3 rings (SSSR count). The highest BCUT2D eigenvalue weighted by atomic mass is 35.5. The van der Waals surface area contributed by atoms with E-state index in [0.717, 1.165) is 0 Å². The Hall–Kier alpha value is -2.19. The lowest BCUT2D eigenvalue weighted by Gasteiger charge is -2.01. The Morgan fingerprint density at radius 2 is 2.12 bits per heavy atom. The molecule has 0 aliphatic rings. The highest BCUT2D eigenvalue weighted by Gasteiger charge is 2.12. The first-order valence-corrected chi connectivity index (χ1v) is 8.28. The van der Waals surface area contributed by atoms with Crippen molar-refractivity contribution in [2.75, 3.05) is 0 Å². The molecule has 0 bridgehead atoms. The first kappa shape index (κ1) is 16.7. The normalized spacial score (nSPS) is 11.0. The molecule has 0 aliphatic heterocycles. The van der Waals surface area contributed by atoms with Gasteiger partial charge in [-0.2, -0.15) is 4.98 Å². The second-order valence-electron chi connectivity index (χ2n) is 5.01. The van der Waals surface area contributed by atoms with Gasteiger partial charge < -0.3 is 9.51 Å². The van der Waals surface area contributed by atoms with Crippen LogP contribution in [0.4, 0.5) is 4.39 Å². The van der Waals surface area contributed by atoms with Gasteiger partial charge in [-0.15, -0.1) is 0 Å². The maximum atomic E-state index is 13.2. The number of halogens is 2. The maximum Gasteiger partial charge on any atom is 0.254 e. The summed E-state index contributed by atoms with van der Waals surface area (Å²) in [5.41, 5.74) is 1.65. The summed E-state index contributed by atoms with van der Waals surface area (Å²) in [4.78, 5) is 22.9. The van der Waals surface area contributed by atoms with E-state index in [2.05, 4.69) is 20.1 Å². The Bertz CT molecular complexity index is 957. The molecule has 0 spiro atoms. The Morgan fingerprint density at radius 3 is 2.83 bits per heavy atom. The van der Waals surface area contributed by atoms with Crippen molar-refractivity contribution in [1.82, 2.24) is 20.1 Å². The Balaban J connectivity index is 1.74. The van der Waals surface area contributed by atoms with E-state index in [1.807, 2.05) is 0 Å². The molecule has 0 amide bonds. The van der Waals surface area contributed by atoms with Gasteiger partial charge in [0.15, 0.2) is 5.16 Å².